The van der Waals surface area contributed by atoms with Gasteiger partial charge < -0.3 is 29.5 Å². The molecule has 3 aromatic rings. The lowest BCUT2D eigenvalue weighted by Crippen LogP contribution is -2.22. The van der Waals surface area contributed by atoms with Crippen LogP contribution in [0, 0.1) is 12.7 Å². The highest BCUT2D eigenvalue weighted by atomic mass is 19.1. The van der Waals surface area contributed by atoms with Crippen LogP contribution in [-0.2, 0) is 11.2 Å². The summed E-state index contributed by atoms with van der Waals surface area (Å²) in [5.74, 6) is 1.42. The molecule has 7 nitrogen and oxygen atoms in total. The number of carbonyl (C=O) groups is 1. The molecule has 0 saturated heterocycles. The number of aromatic hydroxyl groups is 1. The van der Waals surface area contributed by atoms with Gasteiger partial charge in [-0.25, -0.2) is 4.39 Å². The SMILES string of the molecule is COc1cc(C2=C(c3ccc(F)cc3C)CCCc3cc(O)ccc32)cc(OC)c1OCCNC/C=C/C(=O)N(C)C. The molecule has 0 aliphatic heterocycles. The smallest absolute Gasteiger partial charge is 0.245 e. The first-order valence-electron chi connectivity index (χ1n) is 14.0. The number of amides is 1. The van der Waals surface area contributed by atoms with Gasteiger partial charge in [0.1, 0.15) is 18.2 Å². The Labute approximate surface area is 247 Å². The maximum atomic E-state index is 14.1. The van der Waals surface area contributed by atoms with Crippen molar-refractivity contribution in [2.24, 2.45) is 0 Å². The summed E-state index contributed by atoms with van der Waals surface area (Å²) in [6.45, 7) is 3.36. The molecule has 3 aromatic carbocycles. The largest absolute Gasteiger partial charge is 0.508 e. The van der Waals surface area contributed by atoms with Crippen LogP contribution in [0.25, 0.3) is 11.1 Å². The van der Waals surface area contributed by atoms with Gasteiger partial charge in [0.2, 0.25) is 11.7 Å². The van der Waals surface area contributed by atoms with Crippen molar-refractivity contribution >= 4 is 17.1 Å². The quantitative estimate of drug-likeness (QED) is 0.224. The average molecular weight is 575 g/mol. The Kier molecular flexibility index (Phi) is 10.3. The van der Waals surface area contributed by atoms with E-state index in [1.54, 1.807) is 46.5 Å². The third kappa shape index (κ3) is 7.12. The second-order valence-corrected chi connectivity index (χ2v) is 10.4. The first-order valence-corrected chi connectivity index (χ1v) is 14.0. The molecule has 0 atom stereocenters. The Hall–Kier alpha value is -4.30. The number of benzene rings is 3. The van der Waals surface area contributed by atoms with Crippen LogP contribution < -0.4 is 19.5 Å². The Morgan fingerprint density at radius 2 is 1.74 bits per heavy atom. The minimum Gasteiger partial charge on any atom is -0.508 e. The fraction of sp³-hybridized carbons (Fsp3) is 0.324. The molecule has 0 radical (unpaired) electrons. The molecular weight excluding hydrogens is 535 g/mol. The van der Waals surface area contributed by atoms with E-state index in [9.17, 15) is 14.3 Å². The number of hydrogen-bond acceptors (Lipinski definition) is 6. The minimum absolute atomic E-state index is 0.0661. The number of aryl methyl sites for hydroxylation is 2. The number of methoxy groups -OCH3 is 2. The van der Waals surface area contributed by atoms with E-state index in [1.807, 2.05) is 37.3 Å². The van der Waals surface area contributed by atoms with E-state index in [-0.39, 0.29) is 17.5 Å². The van der Waals surface area contributed by atoms with Gasteiger partial charge >= 0.3 is 0 Å². The first kappa shape index (κ1) is 30.7. The number of phenolic OH excluding ortho intramolecular Hbond substituents is 1. The summed E-state index contributed by atoms with van der Waals surface area (Å²) < 4.78 is 31.8. The fourth-order valence-corrected chi connectivity index (χ4v) is 5.22. The third-order valence-corrected chi connectivity index (χ3v) is 7.28. The van der Waals surface area contributed by atoms with Gasteiger partial charge in [0.25, 0.3) is 0 Å². The van der Waals surface area contributed by atoms with Crippen LogP contribution in [0.15, 0.2) is 60.7 Å². The van der Waals surface area contributed by atoms with Gasteiger partial charge in [-0.2, -0.15) is 0 Å². The second-order valence-electron chi connectivity index (χ2n) is 10.4. The number of allylic oxidation sites excluding steroid dienone is 1. The second kappa shape index (κ2) is 14.0. The van der Waals surface area contributed by atoms with E-state index in [1.165, 1.54) is 17.0 Å². The highest BCUT2D eigenvalue weighted by Crippen LogP contribution is 2.46. The molecule has 0 heterocycles. The molecule has 8 heteroatoms. The lowest BCUT2D eigenvalue weighted by molar-refractivity contribution is -0.123. The predicted octanol–water partition coefficient (Wildman–Crippen LogP) is 5.77. The zero-order valence-corrected chi connectivity index (χ0v) is 24.9. The van der Waals surface area contributed by atoms with Crippen LogP contribution in [0.5, 0.6) is 23.0 Å². The topological polar surface area (TPSA) is 80.3 Å². The van der Waals surface area contributed by atoms with E-state index >= 15 is 0 Å². The summed E-state index contributed by atoms with van der Waals surface area (Å²) in [5.41, 5.74) is 6.85. The van der Waals surface area contributed by atoms with Gasteiger partial charge in [-0.15, -0.1) is 0 Å². The summed E-state index contributed by atoms with van der Waals surface area (Å²) in [6.07, 6.45) is 5.77. The number of rotatable bonds is 11. The third-order valence-electron chi connectivity index (χ3n) is 7.28. The maximum absolute atomic E-state index is 14.1. The summed E-state index contributed by atoms with van der Waals surface area (Å²) in [5, 5.41) is 13.5. The summed E-state index contributed by atoms with van der Waals surface area (Å²) in [4.78, 5) is 13.2. The van der Waals surface area contributed by atoms with Gasteiger partial charge in [-0.1, -0.05) is 18.2 Å². The number of phenols is 1. The van der Waals surface area contributed by atoms with Gasteiger partial charge in [-0.3, -0.25) is 4.79 Å². The van der Waals surface area contributed by atoms with Crippen molar-refractivity contribution in [1.29, 1.82) is 0 Å². The standard InChI is InChI=1S/C34H39FN2O5/c1-22-18-25(35)11-13-27(22)29-9-6-8-23-19-26(38)12-14-28(23)33(29)24-20-30(40-4)34(31(21-24)41-5)42-17-16-36-15-7-10-32(39)37(2)3/h7,10-14,18-21,36,38H,6,8-9,15-17H2,1-5H3/b10-7+. The highest BCUT2D eigenvalue weighted by molar-refractivity contribution is 6.01. The average Bonchev–Trinajstić information content (AvgIpc) is 3.15. The van der Waals surface area contributed by atoms with E-state index < -0.39 is 0 Å². The van der Waals surface area contributed by atoms with Gasteiger partial charge in [-0.05, 0) is 102 Å². The van der Waals surface area contributed by atoms with E-state index in [2.05, 4.69) is 5.32 Å². The van der Waals surface area contributed by atoms with Crippen molar-refractivity contribution in [3.8, 4) is 23.0 Å². The van der Waals surface area contributed by atoms with Crippen LogP contribution >= 0.6 is 0 Å². The molecule has 0 aromatic heterocycles. The van der Waals surface area contributed by atoms with Crippen LogP contribution in [0.3, 0.4) is 0 Å². The normalized spacial score (nSPS) is 13.1. The zero-order chi connectivity index (χ0) is 30.2. The maximum Gasteiger partial charge on any atom is 0.245 e. The molecule has 0 unspecified atom stereocenters. The number of carbonyl (C=O) groups excluding carboxylic acids is 1. The molecule has 1 aliphatic rings. The molecule has 1 amide bonds. The van der Waals surface area contributed by atoms with Gasteiger partial charge in [0.05, 0.1) is 14.2 Å². The number of fused-ring (bicyclic) bond motifs is 1. The Morgan fingerprint density at radius 3 is 2.40 bits per heavy atom. The molecule has 0 bridgehead atoms. The first-order chi connectivity index (χ1) is 20.2. The van der Waals surface area contributed by atoms with Crippen LogP contribution in [0.2, 0.25) is 0 Å². The number of nitrogens with one attached hydrogen (secondary N) is 1. The monoisotopic (exact) mass is 574 g/mol. The number of likely N-dealkylation sites (N-methyl/N-ethyl adjacent to an activating group) is 1. The van der Waals surface area contributed by atoms with Crippen molar-refractivity contribution in [3.63, 3.8) is 0 Å². The van der Waals surface area contributed by atoms with Crippen molar-refractivity contribution in [2.75, 3.05) is 48.0 Å². The van der Waals surface area contributed by atoms with Gasteiger partial charge in [0.15, 0.2) is 11.5 Å². The molecule has 1 aliphatic carbocycles. The Bertz CT molecular complexity index is 1470. The molecule has 2 N–H and O–H groups in total. The predicted molar refractivity (Wildman–Crippen MR) is 164 cm³/mol. The van der Waals surface area contributed by atoms with Crippen LogP contribution in [0.1, 0.15) is 40.7 Å². The molecule has 0 spiro atoms. The van der Waals surface area contributed by atoms with Crippen molar-refractivity contribution in [1.82, 2.24) is 10.2 Å². The number of hydrogen-bond donors (Lipinski definition) is 2. The van der Waals surface area contributed by atoms with Crippen LogP contribution in [-0.4, -0.2) is 63.9 Å². The molecular formula is C34H39FN2O5. The Morgan fingerprint density at radius 1 is 1.02 bits per heavy atom. The molecule has 0 saturated carbocycles. The van der Waals surface area contributed by atoms with E-state index in [0.29, 0.717) is 36.9 Å². The van der Waals surface area contributed by atoms with Crippen molar-refractivity contribution in [2.45, 2.75) is 26.2 Å². The molecule has 222 valence electrons. The lowest BCUT2D eigenvalue weighted by atomic mass is 9.86. The summed E-state index contributed by atoms with van der Waals surface area (Å²) >= 11 is 0. The molecule has 0 fully saturated rings. The lowest BCUT2D eigenvalue weighted by Gasteiger charge is -2.21. The number of nitrogens with zero attached hydrogens (tertiary/aromatic N) is 1. The number of ether oxygens (including phenoxy) is 3. The zero-order valence-electron chi connectivity index (χ0n) is 24.9. The van der Waals surface area contributed by atoms with E-state index in [4.69, 9.17) is 14.2 Å². The van der Waals surface area contributed by atoms with E-state index in [0.717, 1.165) is 58.2 Å². The summed E-state index contributed by atoms with van der Waals surface area (Å²) in [7, 11) is 6.60. The highest BCUT2D eigenvalue weighted by Gasteiger charge is 2.24. The molecule has 4 rings (SSSR count). The number of halogens is 1. The molecule has 42 heavy (non-hydrogen) atoms. The Balaban J connectivity index is 1.70. The van der Waals surface area contributed by atoms with Crippen LogP contribution in [0.4, 0.5) is 4.39 Å². The fourth-order valence-electron chi connectivity index (χ4n) is 5.22. The van der Waals surface area contributed by atoms with Crippen molar-refractivity contribution in [3.05, 3.63) is 94.3 Å². The van der Waals surface area contributed by atoms with Crippen molar-refractivity contribution < 1.29 is 28.5 Å². The minimum atomic E-state index is -0.269. The van der Waals surface area contributed by atoms with Gasteiger partial charge in [0, 0.05) is 33.3 Å². The summed E-state index contributed by atoms with van der Waals surface area (Å²) in [6, 6.07) is 14.2.